The molecule has 1 aromatic rings. The van der Waals surface area contributed by atoms with Crippen molar-refractivity contribution < 1.29 is 9.53 Å². The number of hydrogen-bond donors (Lipinski definition) is 1. The van der Waals surface area contributed by atoms with Crippen molar-refractivity contribution in [3.63, 3.8) is 0 Å². The van der Waals surface area contributed by atoms with Gasteiger partial charge in [-0.05, 0) is 44.0 Å². The summed E-state index contributed by atoms with van der Waals surface area (Å²) in [6.07, 6.45) is 3.50. The Morgan fingerprint density at radius 2 is 2.18 bits per heavy atom. The molecule has 1 N–H and O–H groups in total. The lowest BCUT2D eigenvalue weighted by Gasteiger charge is -2.33. The molecular formula is C16H22Cl2N2O2. The zero-order chi connectivity index (χ0) is 14.9. The van der Waals surface area contributed by atoms with Crippen LogP contribution in [0.1, 0.15) is 29.6 Å². The van der Waals surface area contributed by atoms with E-state index in [0.717, 1.165) is 32.6 Å². The Balaban J connectivity index is 0.00000176. The monoisotopic (exact) mass is 344 g/mol. The number of carbonyl (C=O) groups is 1. The smallest absolute Gasteiger partial charge is 0.254 e. The minimum atomic E-state index is 0. The molecule has 22 heavy (non-hydrogen) atoms. The lowest BCUT2D eigenvalue weighted by molar-refractivity contribution is 0.0764. The molecule has 2 fully saturated rings. The Bertz CT molecular complexity index is 545. The third kappa shape index (κ3) is 3.50. The van der Waals surface area contributed by atoms with E-state index in [9.17, 15) is 4.79 Å². The van der Waals surface area contributed by atoms with Gasteiger partial charge < -0.3 is 15.0 Å². The zero-order valence-electron chi connectivity index (χ0n) is 12.7. The van der Waals surface area contributed by atoms with Gasteiger partial charge in [0.25, 0.3) is 5.91 Å². The Hall–Kier alpha value is -0.970. The van der Waals surface area contributed by atoms with Crippen LogP contribution in [0.3, 0.4) is 0 Å². The van der Waals surface area contributed by atoms with Crippen LogP contribution in [-0.2, 0) is 0 Å². The van der Waals surface area contributed by atoms with Crippen molar-refractivity contribution in [3.8, 4) is 5.75 Å². The maximum atomic E-state index is 12.7. The van der Waals surface area contributed by atoms with Crippen LogP contribution in [0.2, 0.25) is 5.02 Å². The predicted molar refractivity (Wildman–Crippen MR) is 90.3 cm³/mol. The summed E-state index contributed by atoms with van der Waals surface area (Å²) in [6.45, 7) is 3.79. The lowest BCUT2D eigenvalue weighted by Crippen LogP contribution is -2.42. The van der Waals surface area contributed by atoms with Gasteiger partial charge in [-0.2, -0.15) is 0 Å². The quantitative estimate of drug-likeness (QED) is 0.896. The molecule has 0 bridgehead atoms. The van der Waals surface area contributed by atoms with Crippen molar-refractivity contribution in [2.24, 2.45) is 5.41 Å². The molecule has 0 radical (unpaired) electrons. The highest BCUT2D eigenvalue weighted by Crippen LogP contribution is 2.37. The molecule has 1 atom stereocenters. The molecule has 2 aliphatic rings. The number of methoxy groups -OCH3 is 1. The highest BCUT2D eigenvalue weighted by Gasteiger charge is 2.40. The first-order valence-corrected chi connectivity index (χ1v) is 7.84. The van der Waals surface area contributed by atoms with E-state index in [2.05, 4.69) is 5.32 Å². The summed E-state index contributed by atoms with van der Waals surface area (Å²) in [5.41, 5.74) is 0.886. The van der Waals surface area contributed by atoms with Crippen molar-refractivity contribution in [2.75, 3.05) is 33.3 Å². The van der Waals surface area contributed by atoms with E-state index in [4.69, 9.17) is 16.3 Å². The molecule has 1 amide bonds. The fourth-order valence-electron chi connectivity index (χ4n) is 3.47. The molecule has 3 rings (SSSR count). The van der Waals surface area contributed by atoms with Gasteiger partial charge in [0, 0.05) is 35.6 Å². The summed E-state index contributed by atoms with van der Waals surface area (Å²) in [5.74, 6) is 0.678. The Kier molecular flexibility index (Phi) is 5.59. The molecule has 4 nitrogen and oxygen atoms in total. The van der Waals surface area contributed by atoms with Crippen molar-refractivity contribution in [3.05, 3.63) is 28.8 Å². The molecule has 0 aromatic heterocycles. The fourth-order valence-corrected chi connectivity index (χ4v) is 3.70. The van der Waals surface area contributed by atoms with E-state index in [1.165, 1.54) is 12.8 Å². The second kappa shape index (κ2) is 7.07. The number of rotatable bonds is 2. The summed E-state index contributed by atoms with van der Waals surface area (Å²) in [7, 11) is 1.58. The second-order valence-electron chi connectivity index (χ2n) is 6.14. The predicted octanol–water partition coefficient (Wildman–Crippen LogP) is 2.99. The maximum Gasteiger partial charge on any atom is 0.254 e. The van der Waals surface area contributed by atoms with E-state index < -0.39 is 0 Å². The van der Waals surface area contributed by atoms with Crippen molar-refractivity contribution >= 4 is 29.9 Å². The van der Waals surface area contributed by atoms with Crippen LogP contribution in [-0.4, -0.2) is 44.1 Å². The Morgan fingerprint density at radius 3 is 2.86 bits per heavy atom. The molecule has 6 heteroatoms. The molecule has 2 aliphatic heterocycles. The number of nitrogens with one attached hydrogen (secondary N) is 1. The van der Waals surface area contributed by atoms with Crippen LogP contribution >= 0.6 is 24.0 Å². The molecule has 122 valence electrons. The van der Waals surface area contributed by atoms with Crippen LogP contribution < -0.4 is 10.1 Å². The molecule has 1 aromatic carbocycles. The molecule has 1 unspecified atom stereocenters. The van der Waals surface area contributed by atoms with Gasteiger partial charge in [-0.3, -0.25) is 4.79 Å². The standard InChI is InChI=1S/C16H21ClN2O2.ClH/c1-21-14-8-12(7-13(17)9-14)15(20)19-6-4-16(11-19)3-2-5-18-10-16;/h7-9,18H,2-6,10-11H2,1H3;1H. The van der Waals surface area contributed by atoms with Gasteiger partial charge in [-0.15, -0.1) is 12.4 Å². The van der Waals surface area contributed by atoms with Gasteiger partial charge in [-0.1, -0.05) is 11.6 Å². The molecule has 1 spiro atoms. The van der Waals surface area contributed by atoms with Crippen LogP contribution in [0.25, 0.3) is 0 Å². The molecular weight excluding hydrogens is 323 g/mol. The first-order valence-electron chi connectivity index (χ1n) is 7.46. The van der Waals surface area contributed by atoms with Gasteiger partial charge in [0.2, 0.25) is 0 Å². The van der Waals surface area contributed by atoms with Crippen LogP contribution in [0, 0.1) is 5.41 Å². The molecule has 2 heterocycles. The van der Waals surface area contributed by atoms with Gasteiger partial charge in [0.05, 0.1) is 7.11 Å². The fraction of sp³-hybridized carbons (Fsp3) is 0.562. The lowest BCUT2D eigenvalue weighted by atomic mass is 9.80. The minimum absolute atomic E-state index is 0. The normalized spacial score (nSPS) is 24.2. The summed E-state index contributed by atoms with van der Waals surface area (Å²) < 4.78 is 5.19. The highest BCUT2D eigenvalue weighted by atomic mass is 35.5. The summed E-state index contributed by atoms with van der Waals surface area (Å²) in [6, 6.07) is 5.20. The molecule has 2 saturated heterocycles. The average molecular weight is 345 g/mol. The van der Waals surface area contributed by atoms with Gasteiger partial charge in [-0.25, -0.2) is 0 Å². The first kappa shape index (κ1) is 17.4. The van der Waals surface area contributed by atoms with E-state index in [1.54, 1.807) is 25.3 Å². The van der Waals surface area contributed by atoms with E-state index >= 15 is 0 Å². The molecule has 0 aliphatic carbocycles. The SMILES string of the molecule is COc1cc(Cl)cc(C(=O)N2CCC3(CCCNC3)C2)c1.Cl. The van der Waals surface area contributed by atoms with E-state index in [0.29, 0.717) is 16.3 Å². The van der Waals surface area contributed by atoms with Crippen LogP contribution in [0.15, 0.2) is 18.2 Å². The zero-order valence-corrected chi connectivity index (χ0v) is 14.3. The number of likely N-dealkylation sites (tertiary alicyclic amines) is 1. The Morgan fingerprint density at radius 1 is 1.36 bits per heavy atom. The second-order valence-corrected chi connectivity index (χ2v) is 6.57. The summed E-state index contributed by atoms with van der Waals surface area (Å²) in [4.78, 5) is 14.6. The van der Waals surface area contributed by atoms with Gasteiger partial charge in [0.1, 0.15) is 5.75 Å². The van der Waals surface area contributed by atoms with Crippen molar-refractivity contribution in [1.29, 1.82) is 0 Å². The number of ether oxygens (including phenoxy) is 1. The average Bonchev–Trinajstić information content (AvgIpc) is 2.90. The Labute approximate surface area is 142 Å². The minimum Gasteiger partial charge on any atom is -0.497 e. The van der Waals surface area contributed by atoms with Gasteiger partial charge >= 0.3 is 0 Å². The van der Waals surface area contributed by atoms with Crippen molar-refractivity contribution in [1.82, 2.24) is 10.2 Å². The third-order valence-electron chi connectivity index (χ3n) is 4.64. The number of nitrogens with zero attached hydrogens (tertiary/aromatic N) is 1. The topological polar surface area (TPSA) is 41.6 Å². The number of amides is 1. The van der Waals surface area contributed by atoms with Crippen molar-refractivity contribution in [2.45, 2.75) is 19.3 Å². The van der Waals surface area contributed by atoms with E-state index in [1.807, 2.05) is 4.90 Å². The van der Waals surface area contributed by atoms with Crippen LogP contribution in [0.5, 0.6) is 5.75 Å². The number of piperidine rings is 1. The number of hydrogen-bond acceptors (Lipinski definition) is 3. The van der Waals surface area contributed by atoms with Gasteiger partial charge in [0.15, 0.2) is 0 Å². The number of halogens is 2. The first-order chi connectivity index (χ1) is 10.1. The number of carbonyl (C=O) groups excluding carboxylic acids is 1. The maximum absolute atomic E-state index is 12.7. The summed E-state index contributed by atoms with van der Waals surface area (Å²) in [5, 5.41) is 4.00. The number of benzene rings is 1. The van der Waals surface area contributed by atoms with E-state index in [-0.39, 0.29) is 23.7 Å². The third-order valence-corrected chi connectivity index (χ3v) is 4.86. The highest BCUT2D eigenvalue weighted by molar-refractivity contribution is 6.31. The van der Waals surface area contributed by atoms with Crippen LogP contribution in [0.4, 0.5) is 0 Å². The summed E-state index contributed by atoms with van der Waals surface area (Å²) >= 11 is 6.06. The molecule has 0 saturated carbocycles. The largest absolute Gasteiger partial charge is 0.497 e.